The molecule has 8 nitrogen and oxygen atoms in total. The average Bonchev–Trinajstić information content (AvgIpc) is 2.61. The third kappa shape index (κ3) is 5.47. The van der Waals surface area contributed by atoms with Gasteiger partial charge in [-0.1, -0.05) is 33.3 Å². The first-order valence-electron chi connectivity index (χ1n) is 9.86. The Balaban J connectivity index is 3.23. The fraction of sp³-hybridized carbons (Fsp3) is 0.750. The van der Waals surface area contributed by atoms with E-state index in [1.54, 1.807) is 5.06 Å². The van der Waals surface area contributed by atoms with Crippen molar-refractivity contribution in [3.8, 4) is 0 Å². The predicted molar refractivity (Wildman–Crippen MR) is 102 cm³/mol. The normalized spacial score (nSPS) is 19.4. The molecule has 0 aromatic heterocycles. The van der Waals surface area contributed by atoms with Crippen molar-refractivity contribution < 1.29 is 33.8 Å². The highest BCUT2D eigenvalue weighted by Crippen LogP contribution is 2.48. The summed E-state index contributed by atoms with van der Waals surface area (Å²) in [5, 5.41) is 11.0. The van der Waals surface area contributed by atoms with E-state index in [0.29, 0.717) is 38.5 Å². The number of hydroxylamine groups is 2. The molecule has 1 N–H and O–H groups in total. The fourth-order valence-electron chi connectivity index (χ4n) is 4.09. The molecule has 8 heteroatoms. The lowest BCUT2D eigenvalue weighted by Crippen LogP contribution is -2.63. The van der Waals surface area contributed by atoms with Gasteiger partial charge in [-0.2, -0.15) is 0 Å². The SMILES string of the molecule is CCC1(CC)CC(=CC(=O)O)CC(CC)(CC)N1OC(=O)OC(C)OC(C)=O. The third-order valence-electron chi connectivity index (χ3n) is 5.69. The Bertz CT molecular complexity index is 582. The van der Waals surface area contributed by atoms with Crippen molar-refractivity contribution in [3.63, 3.8) is 0 Å². The lowest BCUT2D eigenvalue weighted by molar-refractivity contribution is -0.272. The molecule has 0 aliphatic carbocycles. The van der Waals surface area contributed by atoms with Crippen LogP contribution in [0, 0.1) is 0 Å². The summed E-state index contributed by atoms with van der Waals surface area (Å²) in [6, 6.07) is 0. The first-order chi connectivity index (χ1) is 13.1. The van der Waals surface area contributed by atoms with E-state index in [4.69, 9.17) is 14.3 Å². The van der Waals surface area contributed by atoms with Gasteiger partial charge in [0.1, 0.15) is 0 Å². The zero-order valence-corrected chi connectivity index (χ0v) is 17.7. The number of nitrogens with zero attached hydrogens (tertiary/aromatic N) is 1. The van der Waals surface area contributed by atoms with Crippen LogP contribution < -0.4 is 0 Å². The van der Waals surface area contributed by atoms with Gasteiger partial charge >= 0.3 is 18.1 Å². The van der Waals surface area contributed by atoms with Crippen LogP contribution in [0.25, 0.3) is 0 Å². The maximum atomic E-state index is 12.4. The van der Waals surface area contributed by atoms with Gasteiger partial charge in [0.15, 0.2) is 0 Å². The smallest absolute Gasteiger partial charge is 0.478 e. The number of rotatable bonds is 8. The number of hydrogen-bond donors (Lipinski definition) is 1. The molecule has 0 radical (unpaired) electrons. The summed E-state index contributed by atoms with van der Waals surface area (Å²) in [7, 11) is 0. The molecule has 160 valence electrons. The monoisotopic (exact) mass is 399 g/mol. The molecule has 1 unspecified atom stereocenters. The first-order valence-corrected chi connectivity index (χ1v) is 9.86. The van der Waals surface area contributed by atoms with Gasteiger partial charge in [-0.15, -0.1) is 5.06 Å². The minimum absolute atomic E-state index is 0.487. The lowest BCUT2D eigenvalue weighted by Gasteiger charge is -2.55. The quantitative estimate of drug-likeness (QED) is 0.368. The number of carboxylic acid groups (broad SMARTS) is 1. The summed E-state index contributed by atoms with van der Waals surface area (Å²) in [6.45, 7) is 10.6. The average molecular weight is 399 g/mol. The third-order valence-corrected chi connectivity index (χ3v) is 5.69. The van der Waals surface area contributed by atoms with Gasteiger partial charge in [-0.3, -0.25) is 4.79 Å². The number of carbonyl (C=O) groups excluding carboxylic acids is 2. The number of carbonyl (C=O) groups is 3. The molecule has 1 aliphatic heterocycles. The highest BCUT2D eigenvalue weighted by atomic mass is 16.9. The largest absolute Gasteiger partial charge is 0.531 e. The number of piperidine rings is 1. The van der Waals surface area contributed by atoms with Crippen LogP contribution in [0.1, 0.15) is 80.1 Å². The van der Waals surface area contributed by atoms with Crippen LogP contribution in [0.4, 0.5) is 4.79 Å². The second-order valence-electron chi connectivity index (χ2n) is 7.29. The number of aliphatic carboxylic acids is 1. The molecule has 0 aromatic rings. The molecule has 28 heavy (non-hydrogen) atoms. The summed E-state index contributed by atoms with van der Waals surface area (Å²) in [5.74, 6) is -1.53. The predicted octanol–water partition coefficient (Wildman–Crippen LogP) is 4.19. The second-order valence-corrected chi connectivity index (χ2v) is 7.29. The van der Waals surface area contributed by atoms with E-state index >= 15 is 0 Å². The molecule has 1 rings (SSSR count). The van der Waals surface area contributed by atoms with E-state index in [-0.39, 0.29) is 0 Å². The number of hydrogen-bond acceptors (Lipinski definition) is 7. The van der Waals surface area contributed by atoms with Crippen LogP contribution >= 0.6 is 0 Å². The van der Waals surface area contributed by atoms with Crippen LogP contribution in [-0.4, -0.2) is 45.6 Å². The molecule has 1 heterocycles. The Kier molecular flexibility index (Phi) is 8.48. The minimum Gasteiger partial charge on any atom is -0.478 e. The molecule has 1 atom stereocenters. The van der Waals surface area contributed by atoms with Crippen molar-refractivity contribution in [2.75, 3.05) is 0 Å². The van der Waals surface area contributed by atoms with Gasteiger partial charge in [0.05, 0.1) is 11.1 Å². The van der Waals surface area contributed by atoms with Gasteiger partial charge in [0.25, 0.3) is 0 Å². The van der Waals surface area contributed by atoms with Crippen LogP contribution in [-0.2, 0) is 23.9 Å². The molecule has 0 spiro atoms. The molecule has 0 saturated carbocycles. The summed E-state index contributed by atoms with van der Waals surface area (Å²) >= 11 is 0. The molecule has 0 amide bonds. The Hall–Kier alpha value is -2.09. The summed E-state index contributed by atoms with van der Waals surface area (Å²) in [5.41, 5.74) is -0.258. The topological polar surface area (TPSA) is 102 Å². The fourth-order valence-corrected chi connectivity index (χ4v) is 4.09. The standard InChI is InChI=1S/C20H33NO7/c1-7-19(8-2)12-16(11-17(23)24)13-20(9-3,10-4)21(19)28-18(25)27-15(6)26-14(5)22/h11,15H,7-10,12-13H2,1-6H3,(H,23,24). The molecule has 1 fully saturated rings. The van der Waals surface area contributed by atoms with Crippen LogP contribution in [0.2, 0.25) is 0 Å². The Morgan fingerprint density at radius 3 is 1.86 bits per heavy atom. The van der Waals surface area contributed by atoms with Gasteiger partial charge in [-0.05, 0) is 38.5 Å². The maximum absolute atomic E-state index is 12.4. The van der Waals surface area contributed by atoms with Gasteiger partial charge in [0.2, 0.25) is 6.29 Å². The first kappa shape index (κ1) is 23.9. The van der Waals surface area contributed by atoms with E-state index in [9.17, 15) is 19.5 Å². The number of esters is 1. The highest BCUT2D eigenvalue weighted by molar-refractivity contribution is 5.80. The molecule has 1 saturated heterocycles. The number of carboxylic acids is 1. The summed E-state index contributed by atoms with van der Waals surface area (Å²) < 4.78 is 9.89. The molecule has 0 aromatic carbocycles. The Morgan fingerprint density at radius 2 is 1.50 bits per heavy atom. The second kappa shape index (κ2) is 9.91. The Labute approximate surface area is 166 Å². The van der Waals surface area contributed by atoms with E-state index < -0.39 is 35.5 Å². The summed E-state index contributed by atoms with van der Waals surface area (Å²) in [4.78, 5) is 40.4. The highest BCUT2D eigenvalue weighted by Gasteiger charge is 2.53. The van der Waals surface area contributed by atoms with E-state index in [1.807, 2.05) is 27.7 Å². The van der Waals surface area contributed by atoms with Crippen molar-refractivity contribution in [2.24, 2.45) is 0 Å². The zero-order valence-electron chi connectivity index (χ0n) is 17.7. The number of ether oxygens (including phenoxy) is 2. The van der Waals surface area contributed by atoms with Crippen molar-refractivity contribution in [1.29, 1.82) is 0 Å². The van der Waals surface area contributed by atoms with Crippen molar-refractivity contribution in [1.82, 2.24) is 5.06 Å². The zero-order chi connectivity index (χ0) is 21.5. The molecular formula is C20H33NO7. The van der Waals surface area contributed by atoms with Crippen LogP contribution in [0.15, 0.2) is 11.6 Å². The Morgan fingerprint density at radius 1 is 1.04 bits per heavy atom. The van der Waals surface area contributed by atoms with Gasteiger partial charge in [0, 0.05) is 19.9 Å². The molecule has 0 bridgehead atoms. The van der Waals surface area contributed by atoms with Gasteiger partial charge < -0.3 is 19.4 Å². The summed E-state index contributed by atoms with van der Waals surface area (Å²) in [6.07, 6.45) is 2.89. The maximum Gasteiger partial charge on any atom is 0.531 e. The van der Waals surface area contributed by atoms with Gasteiger partial charge in [-0.25, -0.2) is 9.59 Å². The minimum atomic E-state index is -1.06. The van der Waals surface area contributed by atoms with E-state index in [1.165, 1.54) is 19.9 Å². The van der Waals surface area contributed by atoms with Crippen LogP contribution in [0.3, 0.4) is 0 Å². The molecule has 1 aliphatic rings. The molecular weight excluding hydrogens is 366 g/mol. The van der Waals surface area contributed by atoms with Crippen LogP contribution in [0.5, 0.6) is 0 Å². The van der Waals surface area contributed by atoms with E-state index in [2.05, 4.69) is 0 Å². The van der Waals surface area contributed by atoms with E-state index in [0.717, 1.165) is 5.57 Å². The van der Waals surface area contributed by atoms with Crippen molar-refractivity contribution >= 4 is 18.1 Å². The van der Waals surface area contributed by atoms with Crippen molar-refractivity contribution in [3.05, 3.63) is 11.6 Å². The lowest BCUT2D eigenvalue weighted by atomic mass is 9.71. The van der Waals surface area contributed by atoms with Crippen molar-refractivity contribution in [2.45, 2.75) is 97.4 Å².